The Hall–Kier alpha value is -3.38. The second-order valence-corrected chi connectivity index (χ2v) is 10.7. The standard InChI is InChI=1S/C32H39NO4S/c1-23(2)12-11-13-24(3)18-19-28(30(34)26-14-7-5-8-15-26)25(4)20-21-38-22-29(32(36)37)33-31(35)27-16-9-6-10-17-27/h5-10,12,14-18,20,28-29H,11,13,19,21-22H2,1-4H3,(H,33,35)(H,36,37)/b24-18+,25-20+/t28?,29-/m0/s1. The average molecular weight is 534 g/mol. The summed E-state index contributed by atoms with van der Waals surface area (Å²) in [6.45, 7) is 8.25. The molecule has 1 amide bonds. The molecule has 6 heteroatoms. The van der Waals surface area contributed by atoms with Crippen molar-refractivity contribution in [2.24, 2.45) is 5.92 Å². The van der Waals surface area contributed by atoms with Gasteiger partial charge in [-0.3, -0.25) is 9.59 Å². The molecule has 2 atom stereocenters. The molecule has 5 nitrogen and oxygen atoms in total. The van der Waals surface area contributed by atoms with Crippen LogP contribution >= 0.6 is 11.8 Å². The van der Waals surface area contributed by atoms with Gasteiger partial charge in [0.25, 0.3) is 5.91 Å². The summed E-state index contributed by atoms with van der Waals surface area (Å²) in [6, 6.07) is 16.9. The minimum absolute atomic E-state index is 0.0798. The van der Waals surface area contributed by atoms with Gasteiger partial charge < -0.3 is 10.4 Å². The van der Waals surface area contributed by atoms with Crippen molar-refractivity contribution in [2.75, 3.05) is 11.5 Å². The number of ketones is 1. The van der Waals surface area contributed by atoms with E-state index in [1.807, 2.05) is 43.3 Å². The number of hydrogen-bond acceptors (Lipinski definition) is 4. The SMILES string of the molecule is CC(C)=CCC/C(C)=C/CC(C(=O)c1ccccc1)/C(C)=C/CSC[C@H](NC(=O)c1ccccc1)C(=O)O. The van der Waals surface area contributed by atoms with Gasteiger partial charge in [0.2, 0.25) is 0 Å². The molecule has 2 aromatic carbocycles. The molecule has 38 heavy (non-hydrogen) atoms. The van der Waals surface area contributed by atoms with Crippen molar-refractivity contribution >= 4 is 29.4 Å². The molecule has 2 N–H and O–H groups in total. The lowest BCUT2D eigenvalue weighted by molar-refractivity contribution is -0.138. The minimum atomic E-state index is -1.08. The number of amides is 1. The highest BCUT2D eigenvalue weighted by molar-refractivity contribution is 7.99. The van der Waals surface area contributed by atoms with Crippen LogP contribution in [0.15, 0.2) is 95.6 Å². The lowest BCUT2D eigenvalue weighted by atomic mass is 9.87. The summed E-state index contributed by atoms with van der Waals surface area (Å²) in [5.74, 6) is -0.934. The van der Waals surface area contributed by atoms with E-state index >= 15 is 0 Å². The number of carboxylic acid groups (broad SMARTS) is 1. The molecule has 0 aliphatic carbocycles. The maximum atomic E-state index is 13.4. The van der Waals surface area contributed by atoms with Crippen LogP contribution in [-0.2, 0) is 4.79 Å². The van der Waals surface area contributed by atoms with E-state index in [9.17, 15) is 19.5 Å². The Kier molecular flexibility index (Phi) is 13.4. The largest absolute Gasteiger partial charge is 0.480 e. The molecule has 202 valence electrons. The number of carboxylic acids is 1. The molecule has 2 rings (SSSR count). The van der Waals surface area contributed by atoms with Crippen LogP contribution in [0.4, 0.5) is 0 Å². The molecule has 1 unspecified atom stereocenters. The Labute approximate surface area is 231 Å². The first-order chi connectivity index (χ1) is 18.2. The van der Waals surface area contributed by atoms with Crippen molar-refractivity contribution in [3.63, 3.8) is 0 Å². The van der Waals surface area contributed by atoms with E-state index < -0.39 is 17.9 Å². The molecular formula is C32H39NO4S. The summed E-state index contributed by atoms with van der Waals surface area (Å²) >= 11 is 1.41. The number of carbonyl (C=O) groups excluding carboxylic acids is 2. The van der Waals surface area contributed by atoms with Gasteiger partial charge in [-0.2, -0.15) is 11.8 Å². The highest BCUT2D eigenvalue weighted by Crippen LogP contribution is 2.24. The highest BCUT2D eigenvalue weighted by atomic mass is 32.2. The van der Waals surface area contributed by atoms with Gasteiger partial charge in [-0.15, -0.1) is 0 Å². The van der Waals surface area contributed by atoms with E-state index in [0.717, 1.165) is 18.4 Å². The van der Waals surface area contributed by atoms with E-state index in [0.29, 0.717) is 23.3 Å². The van der Waals surface area contributed by atoms with Gasteiger partial charge in [0.15, 0.2) is 5.78 Å². The van der Waals surface area contributed by atoms with Crippen LogP contribution in [0, 0.1) is 5.92 Å². The van der Waals surface area contributed by atoms with Gasteiger partial charge in [0, 0.05) is 28.6 Å². The average Bonchev–Trinajstić information content (AvgIpc) is 2.90. The molecule has 0 aliphatic rings. The summed E-state index contributed by atoms with van der Waals surface area (Å²) in [6.07, 6.45) is 8.94. The maximum Gasteiger partial charge on any atom is 0.327 e. The summed E-state index contributed by atoms with van der Waals surface area (Å²) in [4.78, 5) is 37.5. The van der Waals surface area contributed by atoms with Gasteiger partial charge >= 0.3 is 5.97 Å². The number of allylic oxidation sites excluding steroid dienone is 5. The van der Waals surface area contributed by atoms with Gasteiger partial charge in [0.05, 0.1) is 0 Å². The van der Waals surface area contributed by atoms with E-state index in [1.165, 1.54) is 22.9 Å². The summed E-state index contributed by atoms with van der Waals surface area (Å²) in [5.41, 5.74) is 4.62. The number of nitrogens with one attached hydrogen (secondary N) is 1. The third-order valence-corrected chi connectivity index (χ3v) is 7.14. The lowest BCUT2D eigenvalue weighted by Crippen LogP contribution is -2.42. The Morgan fingerprint density at radius 2 is 1.47 bits per heavy atom. The number of Topliss-reactive ketones (excluding diaryl/α,β-unsaturated/α-hetero) is 1. The van der Waals surface area contributed by atoms with Crippen LogP contribution < -0.4 is 5.32 Å². The molecule has 0 aliphatic heterocycles. The van der Waals surface area contributed by atoms with Crippen LogP contribution in [0.5, 0.6) is 0 Å². The Balaban J connectivity index is 2.05. The topological polar surface area (TPSA) is 83.5 Å². The van der Waals surface area contributed by atoms with Gasteiger partial charge in [0.1, 0.15) is 6.04 Å². The number of carbonyl (C=O) groups is 3. The zero-order chi connectivity index (χ0) is 27.9. The summed E-state index contributed by atoms with van der Waals surface area (Å²) in [7, 11) is 0. The lowest BCUT2D eigenvalue weighted by Gasteiger charge is -2.17. The van der Waals surface area contributed by atoms with Crippen molar-refractivity contribution in [1.29, 1.82) is 0 Å². The summed E-state index contributed by atoms with van der Waals surface area (Å²) in [5, 5.41) is 12.2. The smallest absolute Gasteiger partial charge is 0.327 e. The van der Waals surface area contributed by atoms with E-state index in [-0.39, 0.29) is 17.5 Å². The molecule has 2 aromatic rings. The number of benzene rings is 2. The van der Waals surface area contributed by atoms with Crippen LogP contribution in [0.2, 0.25) is 0 Å². The number of hydrogen-bond donors (Lipinski definition) is 2. The minimum Gasteiger partial charge on any atom is -0.480 e. The molecule has 0 radical (unpaired) electrons. The monoisotopic (exact) mass is 533 g/mol. The van der Waals surface area contributed by atoms with E-state index in [2.05, 4.69) is 38.2 Å². The third kappa shape index (κ3) is 10.9. The molecule has 0 fully saturated rings. The molecule has 0 heterocycles. The van der Waals surface area contributed by atoms with Crippen molar-refractivity contribution in [1.82, 2.24) is 5.32 Å². The molecule has 0 bridgehead atoms. The molecular weight excluding hydrogens is 494 g/mol. The molecule has 0 saturated heterocycles. The quantitative estimate of drug-likeness (QED) is 0.145. The fourth-order valence-electron chi connectivity index (χ4n) is 3.84. The van der Waals surface area contributed by atoms with Gasteiger partial charge in [-0.25, -0.2) is 4.79 Å². The van der Waals surface area contributed by atoms with Gasteiger partial charge in [-0.1, -0.05) is 83.5 Å². The fraction of sp³-hybridized carbons (Fsp3) is 0.344. The van der Waals surface area contributed by atoms with E-state index in [1.54, 1.807) is 30.3 Å². The van der Waals surface area contributed by atoms with Crippen LogP contribution in [0.3, 0.4) is 0 Å². The first kappa shape index (κ1) is 30.8. The molecule has 0 saturated carbocycles. The normalized spacial score (nSPS) is 13.4. The zero-order valence-electron chi connectivity index (χ0n) is 22.8. The van der Waals surface area contributed by atoms with Crippen LogP contribution in [-0.4, -0.2) is 40.3 Å². The zero-order valence-corrected chi connectivity index (χ0v) is 23.6. The van der Waals surface area contributed by atoms with Crippen LogP contribution in [0.1, 0.15) is 67.7 Å². The third-order valence-electron chi connectivity index (χ3n) is 6.16. The molecule has 0 aromatic heterocycles. The van der Waals surface area contributed by atoms with Crippen molar-refractivity contribution in [3.8, 4) is 0 Å². The highest BCUT2D eigenvalue weighted by Gasteiger charge is 2.22. The summed E-state index contributed by atoms with van der Waals surface area (Å²) < 4.78 is 0. The fourth-order valence-corrected chi connectivity index (χ4v) is 4.82. The number of thioether (sulfide) groups is 1. The maximum absolute atomic E-state index is 13.4. The number of rotatable bonds is 15. The Morgan fingerprint density at radius 3 is 2.05 bits per heavy atom. The van der Waals surface area contributed by atoms with Crippen molar-refractivity contribution in [2.45, 2.75) is 53.0 Å². The second-order valence-electron chi connectivity index (χ2n) is 9.61. The molecule has 0 spiro atoms. The Morgan fingerprint density at radius 1 is 0.868 bits per heavy atom. The Bertz CT molecular complexity index is 1150. The van der Waals surface area contributed by atoms with Crippen LogP contribution in [0.25, 0.3) is 0 Å². The second kappa shape index (κ2) is 16.5. The predicted molar refractivity (Wildman–Crippen MR) is 158 cm³/mol. The first-order valence-corrected chi connectivity index (χ1v) is 14.1. The number of aliphatic carboxylic acids is 1. The van der Waals surface area contributed by atoms with Gasteiger partial charge in [-0.05, 0) is 59.1 Å². The predicted octanol–water partition coefficient (Wildman–Crippen LogP) is 7.13. The van der Waals surface area contributed by atoms with E-state index in [4.69, 9.17) is 0 Å². The first-order valence-electron chi connectivity index (χ1n) is 12.9. The van der Waals surface area contributed by atoms with Crippen molar-refractivity contribution < 1.29 is 19.5 Å². The van der Waals surface area contributed by atoms with Crippen molar-refractivity contribution in [3.05, 3.63) is 107 Å².